The molecule has 1 saturated heterocycles. The van der Waals surface area contributed by atoms with Gasteiger partial charge in [0, 0.05) is 32.7 Å². The van der Waals surface area contributed by atoms with Crippen LogP contribution in [0.25, 0.3) is 0 Å². The Morgan fingerprint density at radius 3 is 2.64 bits per heavy atom. The Bertz CT molecular complexity index is 306. The summed E-state index contributed by atoms with van der Waals surface area (Å²) in [6, 6.07) is 0. The summed E-state index contributed by atoms with van der Waals surface area (Å²) in [6.45, 7) is 8.26. The second-order valence-corrected chi connectivity index (χ2v) is 6.18. The summed E-state index contributed by atoms with van der Waals surface area (Å²) in [5, 5.41) is 6.39. The zero-order valence-corrected chi connectivity index (χ0v) is 14.6. The predicted octanol–water partition coefficient (Wildman–Crippen LogP) is 1.56. The third-order valence-corrected chi connectivity index (χ3v) is 4.48. The number of hydrogen-bond donors (Lipinski definition) is 2. The molecule has 0 bridgehead atoms. The van der Waals surface area contributed by atoms with Gasteiger partial charge < -0.3 is 20.3 Å². The number of hydrogen-bond acceptors (Lipinski definition) is 4. The second kappa shape index (κ2) is 11.2. The quantitative estimate of drug-likeness (QED) is 0.662. The van der Waals surface area contributed by atoms with Gasteiger partial charge in [-0.2, -0.15) is 0 Å². The van der Waals surface area contributed by atoms with Gasteiger partial charge in [-0.25, -0.2) is 0 Å². The summed E-state index contributed by atoms with van der Waals surface area (Å²) in [6.07, 6.45) is 6.56. The van der Waals surface area contributed by atoms with Gasteiger partial charge >= 0.3 is 0 Å². The van der Waals surface area contributed by atoms with Crippen LogP contribution in [0.1, 0.15) is 45.4 Å². The first-order valence-corrected chi connectivity index (χ1v) is 8.66. The molecule has 5 nitrogen and oxygen atoms in total. The molecular formula is C16H32ClN3O2. The van der Waals surface area contributed by atoms with Gasteiger partial charge in [-0.3, -0.25) is 4.79 Å². The Balaban J connectivity index is 0.00000242. The summed E-state index contributed by atoms with van der Waals surface area (Å²) >= 11 is 0. The molecule has 2 fully saturated rings. The van der Waals surface area contributed by atoms with Crippen molar-refractivity contribution >= 4 is 18.3 Å². The fraction of sp³-hybridized carbons (Fsp3) is 0.938. The van der Waals surface area contributed by atoms with Crippen LogP contribution in [0.4, 0.5) is 0 Å². The number of halogens is 1. The molecule has 1 amide bonds. The molecule has 0 radical (unpaired) electrons. The first-order valence-electron chi connectivity index (χ1n) is 8.66. The molecule has 1 heterocycles. The van der Waals surface area contributed by atoms with Gasteiger partial charge in [-0.05, 0) is 32.2 Å². The molecule has 2 N–H and O–H groups in total. The number of rotatable bonds is 8. The number of nitrogens with one attached hydrogen (secondary N) is 2. The highest BCUT2D eigenvalue weighted by Gasteiger charge is 2.24. The van der Waals surface area contributed by atoms with Crippen LogP contribution in [0.3, 0.4) is 0 Å². The highest BCUT2D eigenvalue weighted by Crippen LogP contribution is 2.22. The molecule has 2 aliphatic rings. The summed E-state index contributed by atoms with van der Waals surface area (Å²) in [5.74, 6) is 0.0738. The van der Waals surface area contributed by atoms with Crippen molar-refractivity contribution in [1.82, 2.24) is 15.5 Å². The number of amides is 1. The molecule has 22 heavy (non-hydrogen) atoms. The van der Waals surface area contributed by atoms with Crippen LogP contribution >= 0.6 is 12.4 Å². The fourth-order valence-corrected chi connectivity index (χ4v) is 3.16. The molecule has 1 aliphatic heterocycles. The fourth-order valence-electron chi connectivity index (χ4n) is 3.16. The lowest BCUT2D eigenvalue weighted by Crippen LogP contribution is -2.44. The summed E-state index contributed by atoms with van der Waals surface area (Å²) in [4.78, 5) is 14.6. The van der Waals surface area contributed by atoms with Crippen molar-refractivity contribution in [3.8, 4) is 0 Å². The Morgan fingerprint density at radius 1 is 1.32 bits per heavy atom. The van der Waals surface area contributed by atoms with E-state index in [9.17, 15) is 4.79 Å². The van der Waals surface area contributed by atoms with E-state index >= 15 is 0 Å². The molecule has 130 valence electrons. The maximum Gasteiger partial charge on any atom is 0.249 e. The third-order valence-electron chi connectivity index (χ3n) is 4.48. The molecule has 2 rings (SSSR count). The van der Waals surface area contributed by atoms with Crippen LogP contribution in [0, 0.1) is 0 Å². The maximum absolute atomic E-state index is 12.2. The highest BCUT2D eigenvalue weighted by atomic mass is 35.5. The number of piperazine rings is 1. The van der Waals surface area contributed by atoms with Crippen LogP contribution < -0.4 is 10.6 Å². The largest absolute Gasteiger partial charge is 0.365 e. The zero-order valence-electron chi connectivity index (χ0n) is 13.8. The van der Waals surface area contributed by atoms with E-state index in [4.69, 9.17) is 4.74 Å². The SMILES string of the molecule is CCC(OC1CCCC1)C(=O)NCCCN1CCNCC1.Cl. The molecule has 0 spiro atoms. The smallest absolute Gasteiger partial charge is 0.249 e. The predicted molar refractivity (Wildman–Crippen MR) is 91.6 cm³/mol. The van der Waals surface area contributed by atoms with Crippen molar-refractivity contribution < 1.29 is 9.53 Å². The first kappa shape index (κ1) is 19.7. The monoisotopic (exact) mass is 333 g/mol. The summed E-state index contributed by atoms with van der Waals surface area (Å²) in [5.41, 5.74) is 0. The van der Waals surface area contributed by atoms with E-state index in [0.717, 1.165) is 65.0 Å². The topological polar surface area (TPSA) is 53.6 Å². The van der Waals surface area contributed by atoms with Crippen molar-refractivity contribution in [3.63, 3.8) is 0 Å². The van der Waals surface area contributed by atoms with E-state index in [-0.39, 0.29) is 24.4 Å². The van der Waals surface area contributed by atoms with Crippen LogP contribution in [-0.2, 0) is 9.53 Å². The Kier molecular flexibility index (Phi) is 10.0. The standard InChI is InChI=1S/C16H31N3O2.ClH/c1-2-15(21-14-6-3-4-7-14)16(20)18-8-5-11-19-12-9-17-10-13-19;/h14-15,17H,2-13H2,1H3,(H,18,20);1H. The van der Waals surface area contributed by atoms with E-state index in [0.29, 0.717) is 6.10 Å². The van der Waals surface area contributed by atoms with Crippen LogP contribution in [0.15, 0.2) is 0 Å². The van der Waals surface area contributed by atoms with E-state index in [1.165, 1.54) is 12.8 Å². The molecular weight excluding hydrogens is 302 g/mol. The van der Waals surface area contributed by atoms with Gasteiger partial charge in [0.05, 0.1) is 6.10 Å². The zero-order chi connectivity index (χ0) is 14.9. The maximum atomic E-state index is 12.2. The van der Waals surface area contributed by atoms with Gasteiger partial charge in [0.15, 0.2) is 0 Å². The van der Waals surface area contributed by atoms with Crippen molar-refractivity contribution in [1.29, 1.82) is 0 Å². The van der Waals surface area contributed by atoms with Gasteiger partial charge in [0.2, 0.25) is 5.91 Å². The van der Waals surface area contributed by atoms with Crippen molar-refractivity contribution in [2.45, 2.75) is 57.7 Å². The minimum absolute atomic E-state index is 0. The first-order chi connectivity index (χ1) is 10.3. The van der Waals surface area contributed by atoms with Gasteiger partial charge in [0.1, 0.15) is 6.10 Å². The molecule has 0 aromatic rings. The van der Waals surface area contributed by atoms with E-state index in [1.54, 1.807) is 0 Å². The van der Waals surface area contributed by atoms with Gasteiger partial charge in [-0.15, -0.1) is 12.4 Å². The van der Waals surface area contributed by atoms with Crippen molar-refractivity contribution in [2.24, 2.45) is 0 Å². The Labute approximate surface area is 140 Å². The molecule has 1 atom stereocenters. The Hall–Kier alpha value is -0.360. The molecule has 0 aromatic carbocycles. The summed E-state index contributed by atoms with van der Waals surface area (Å²) in [7, 11) is 0. The molecule has 1 saturated carbocycles. The molecule has 1 aliphatic carbocycles. The third kappa shape index (κ3) is 6.82. The summed E-state index contributed by atoms with van der Waals surface area (Å²) < 4.78 is 5.94. The van der Waals surface area contributed by atoms with Gasteiger partial charge in [-0.1, -0.05) is 19.8 Å². The van der Waals surface area contributed by atoms with Crippen molar-refractivity contribution in [3.05, 3.63) is 0 Å². The van der Waals surface area contributed by atoms with Crippen molar-refractivity contribution in [2.75, 3.05) is 39.3 Å². The number of ether oxygens (including phenoxy) is 1. The number of carbonyl (C=O) groups excluding carboxylic acids is 1. The normalized spacial score (nSPS) is 21.3. The number of carbonyl (C=O) groups is 1. The Morgan fingerprint density at radius 2 is 2.00 bits per heavy atom. The minimum atomic E-state index is -0.257. The highest BCUT2D eigenvalue weighted by molar-refractivity contribution is 5.85. The van der Waals surface area contributed by atoms with Crippen LogP contribution in [-0.4, -0.2) is 62.3 Å². The van der Waals surface area contributed by atoms with E-state index in [2.05, 4.69) is 15.5 Å². The lowest BCUT2D eigenvalue weighted by Gasteiger charge is -2.27. The van der Waals surface area contributed by atoms with E-state index in [1.807, 2.05) is 6.92 Å². The molecule has 1 unspecified atom stereocenters. The molecule has 6 heteroatoms. The lowest BCUT2D eigenvalue weighted by molar-refractivity contribution is -0.136. The second-order valence-electron chi connectivity index (χ2n) is 6.18. The van der Waals surface area contributed by atoms with Crippen LogP contribution in [0.5, 0.6) is 0 Å². The van der Waals surface area contributed by atoms with Crippen LogP contribution in [0.2, 0.25) is 0 Å². The average molecular weight is 334 g/mol. The van der Waals surface area contributed by atoms with E-state index < -0.39 is 0 Å². The van der Waals surface area contributed by atoms with Gasteiger partial charge in [0.25, 0.3) is 0 Å². The minimum Gasteiger partial charge on any atom is -0.365 e. The molecule has 0 aromatic heterocycles. The number of nitrogens with zero attached hydrogens (tertiary/aromatic N) is 1. The average Bonchev–Trinajstić information content (AvgIpc) is 3.03. The lowest BCUT2D eigenvalue weighted by atomic mass is 10.2.